The molecule has 0 aromatic heterocycles. The zero-order valence-electron chi connectivity index (χ0n) is 11.1. The van der Waals surface area contributed by atoms with E-state index < -0.39 is 6.04 Å². The minimum absolute atomic E-state index is 0.0266. The van der Waals surface area contributed by atoms with Gasteiger partial charge in [-0.1, -0.05) is 35.4 Å². The van der Waals surface area contributed by atoms with Crippen molar-refractivity contribution in [2.45, 2.75) is 25.8 Å². The summed E-state index contributed by atoms with van der Waals surface area (Å²) in [6, 6.07) is 6.99. The predicted molar refractivity (Wildman–Crippen MR) is 78.1 cm³/mol. The number of amides is 1. The average Bonchev–Trinajstić information content (AvgIpc) is 2.41. The van der Waals surface area contributed by atoms with E-state index in [-0.39, 0.29) is 5.91 Å². The molecule has 0 saturated heterocycles. The lowest BCUT2D eigenvalue weighted by molar-refractivity contribution is -0.132. The second-order valence-electron chi connectivity index (χ2n) is 5.02. The van der Waals surface area contributed by atoms with E-state index in [1.807, 2.05) is 29.2 Å². The molecule has 2 rings (SSSR count). The van der Waals surface area contributed by atoms with Crippen LogP contribution in [0.5, 0.6) is 0 Å². The van der Waals surface area contributed by atoms with Crippen molar-refractivity contribution in [1.82, 2.24) is 4.90 Å². The molecule has 0 radical (unpaired) electrons. The molecule has 0 saturated carbocycles. The molecule has 0 bridgehead atoms. The molecule has 1 heterocycles. The average molecular weight is 279 g/mol. The van der Waals surface area contributed by atoms with Crippen LogP contribution in [0, 0.1) is 0 Å². The number of hydrogen-bond acceptors (Lipinski definition) is 2. The molecule has 19 heavy (non-hydrogen) atoms. The quantitative estimate of drug-likeness (QED) is 0.863. The molecule has 1 unspecified atom stereocenters. The number of halogens is 1. The summed E-state index contributed by atoms with van der Waals surface area (Å²) < 4.78 is 0. The Balaban J connectivity index is 1.94. The van der Waals surface area contributed by atoms with Gasteiger partial charge >= 0.3 is 0 Å². The highest BCUT2D eigenvalue weighted by Crippen LogP contribution is 2.13. The highest BCUT2D eigenvalue weighted by Gasteiger charge is 2.22. The molecular formula is C15H19ClN2O. The summed E-state index contributed by atoms with van der Waals surface area (Å²) in [5.41, 5.74) is 8.39. The highest BCUT2D eigenvalue weighted by molar-refractivity contribution is 6.30. The van der Waals surface area contributed by atoms with Crippen molar-refractivity contribution in [2.75, 3.05) is 13.1 Å². The van der Waals surface area contributed by atoms with Crippen LogP contribution in [0.15, 0.2) is 35.9 Å². The second-order valence-corrected chi connectivity index (χ2v) is 5.46. The first-order valence-corrected chi connectivity index (χ1v) is 6.88. The van der Waals surface area contributed by atoms with Crippen LogP contribution < -0.4 is 5.73 Å². The van der Waals surface area contributed by atoms with Gasteiger partial charge in [-0.05, 0) is 37.5 Å². The molecule has 1 atom stereocenters. The molecule has 1 aliphatic heterocycles. The van der Waals surface area contributed by atoms with Gasteiger partial charge in [0.25, 0.3) is 0 Å². The van der Waals surface area contributed by atoms with Crippen LogP contribution in [-0.4, -0.2) is 29.9 Å². The van der Waals surface area contributed by atoms with Crippen LogP contribution in [0.1, 0.15) is 18.9 Å². The van der Waals surface area contributed by atoms with Gasteiger partial charge in [-0.3, -0.25) is 4.79 Å². The number of carbonyl (C=O) groups is 1. The van der Waals surface area contributed by atoms with Gasteiger partial charge in [-0.25, -0.2) is 0 Å². The lowest BCUT2D eigenvalue weighted by Crippen LogP contribution is -2.46. The smallest absolute Gasteiger partial charge is 0.240 e. The van der Waals surface area contributed by atoms with Gasteiger partial charge in [0.15, 0.2) is 0 Å². The lowest BCUT2D eigenvalue weighted by Gasteiger charge is -2.28. The Bertz CT molecular complexity index is 481. The minimum Gasteiger partial charge on any atom is -0.337 e. The Morgan fingerprint density at radius 2 is 2.11 bits per heavy atom. The zero-order valence-corrected chi connectivity index (χ0v) is 11.9. The van der Waals surface area contributed by atoms with Gasteiger partial charge in [0.05, 0.1) is 6.04 Å². The van der Waals surface area contributed by atoms with Gasteiger partial charge in [0.1, 0.15) is 0 Å². The fourth-order valence-electron chi connectivity index (χ4n) is 2.17. The predicted octanol–water partition coefficient (Wildman–Crippen LogP) is 2.39. The van der Waals surface area contributed by atoms with Gasteiger partial charge in [-0.15, -0.1) is 0 Å². The van der Waals surface area contributed by atoms with Crippen LogP contribution in [-0.2, 0) is 11.2 Å². The van der Waals surface area contributed by atoms with Crippen LogP contribution in [0.2, 0.25) is 5.02 Å². The van der Waals surface area contributed by atoms with Crippen molar-refractivity contribution in [1.29, 1.82) is 0 Å². The van der Waals surface area contributed by atoms with Crippen molar-refractivity contribution in [3.05, 3.63) is 46.5 Å². The minimum atomic E-state index is -0.479. The van der Waals surface area contributed by atoms with Crippen molar-refractivity contribution in [2.24, 2.45) is 5.73 Å². The van der Waals surface area contributed by atoms with Gasteiger partial charge in [0.2, 0.25) is 5.91 Å². The first-order valence-electron chi connectivity index (χ1n) is 6.50. The Hall–Kier alpha value is -1.32. The van der Waals surface area contributed by atoms with E-state index in [1.54, 1.807) is 0 Å². The third-order valence-electron chi connectivity index (χ3n) is 3.43. The van der Waals surface area contributed by atoms with E-state index in [0.29, 0.717) is 18.0 Å². The number of nitrogens with zero attached hydrogens (tertiary/aromatic N) is 1. The molecule has 102 valence electrons. The topological polar surface area (TPSA) is 46.3 Å². The monoisotopic (exact) mass is 278 g/mol. The second kappa shape index (κ2) is 6.22. The summed E-state index contributed by atoms with van der Waals surface area (Å²) in [5.74, 6) is 0.0266. The Morgan fingerprint density at radius 1 is 1.42 bits per heavy atom. The SMILES string of the molecule is CC1=CCN(C(=O)C(N)Cc2ccc(Cl)cc2)CC1. The summed E-state index contributed by atoms with van der Waals surface area (Å²) in [7, 11) is 0. The molecule has 1 aromatic carbocycles. The Labute approximate surface area is 119 Å². The molecular weight excluding hydrogens is 260 g/mol. The maximum absolute atomic E-state index is 12.2. The molecule has 0 aliphatic carbocycles. The summed E-state index contributed by atoms with van der Waals surface area (Å²) >= 11 is 5.83. The van der Waals surface area contributed by atoms with E-state index in [1.165, 1.54) is 5.57 Å². The Morgan fingerprint density at radius 3 is 2.68 bits per heavy atom. The summed E-state index contributed by atoms with van der Waals surface area (Å²) in [6.07, 6.45) is 3.59. The third kappa shape index (κ3) is 3.82. The Kier molecular flexibility index (Phi) is 4.61. The van der Waals surface area contributed by atoms with E-state index >= 15 is 0 Å². The maximum Gasteiger partial charge on any atom is 0.240 e. The molecule has 4 heteroatoms. The van der Waals surface area contributed by atoms with Gasteiger partial charge in [-0.2, -0.15) is 0 Å². The van der Waals surface area contributed by atoms with E-state index in [2.05, 4.69) is 13.0 Å². The van der Waals surface area contributed by atoms with Gasteiger partial charge in [0, 0.05) is 18.1 Å². The number of hydrogen-bond donors (Lipinski definition) is 1. The molecule has 0 fully saturated rings. The molecule has 0 spiro atoms. The normalized spacial score (nSPS) is 17.0. The fraction of sp³-hybridized carbons (Fsp3) is 0.400. The molecule has 1 aliphatic rings. The highest BCUT2D eigenvalue weighted by atomic mass is 35.5. The first kappa shape index (κ1) is 14.1. The number of carbonyl (C=O) groups excluding carboxylic acids is 1. The van der Waals surface area contributed by atoms with Crippen LogP contribution in [0.3, 0.4) is 0 Å². The molecule has 2 N–H and O–H groups in total. The largest absolute Gasteiger partial charge is 0.337 e. The van der Waals surface area contributed by atoms with E-state index in [9.17, 15) is 4.79 Å². The molecule has 3 nitrogen and oxygen atoms in total. The molecule has 1 aromatic rings. The summed E-state index contributed by atoms with van der Waals surface area (Å²) in [6.45, 7) is 3.55. The van der Waals surface area contributed by atoms with Gasteiger partial charge < -0.3 is 10.6 Å². The van der Waals surface area contributed by atoms with E-state index in [4.69, 9.17) is 17.3 Å². The van der Waals surface area contributed by atoms with Crippen molar-refractivity contribution >= 4 is 17.5 Å². The number of nitrogens with two attached hydrogens (primary N) is 1. The standard InChI is InChI=1S/C15H19ClN2O/c1-11-6-8-18(9-7-11)15(19)14(17)10-12-2-4-13(16)5-3-12/h2-6,14H,7-10,17H2,1H3. The third-order valence-corrected chi connectivity index (χ3v) is 3.69. The van der Waals surface area contributed by atoms with Crippen LogP contribution in [0.4, 0.5) is 0 Å². The van der Waals surface area contributed by atoms with E-state index in [0.717, 1.165) is 18.5 Å². The number of benzene rings is 1. The van der Waals surface area contributed by atoms with Crippen molar-refractivity contribution < 1.29 is 4.79 Å². The van der Waals surface area contributed by atoms with Crippen LogP contribution >= 0.6 is 11.6 Å². The maximum atomic E-state index is 12.2. The van der Waals surface area contributed by atoms with Crippen molar-refractivity contribution in [3.8, 4) is 0 Å². The lowest BCUT2D eigenvalue weighted by atomic mass is 10.0. The first-order chi connectivity index (χ1) is 9.06. The zero-order chi connectivity index (χ0) is 13.8. The van der Waals surface area contributed by atoms with Crippen LogP contribution in [0.25, 0.3) is 0 Å². The molecule has 1 amide bonds. The summed E-state index contributed by atoms with van der Waals surface area (Å²) in [4.78, 5) is 14.0. The fourth-order valence-corrected chi connectivity index (χ4v) is 2.29. The summed E-state index contributed by atoms with van der Waals surface area (Å²) in [5, 5.41) is 0.695. The van der Waals surface area contributed by atoms with Crippen molar-refractivity contribution in [3.63, 3.8) is 0 Å². The number of rotatable bonds is 3.